The lowest BCUT2D eigenvalue weighted by Gasteiger charge is -2.18. The molecule has 84 heavy (non-hydrogen) atoms. The van der Waals surface area contributed by atoms with Crippen LogP contribution in [0.4, 0.5) is 0 Å². The fraction of sp³-hybridized carbons (Fsp3) is 0. The van der Waals surface area contributed by atoms with Crippen molar-refractivity contribution in [2.75, 3.05) is 0 Å². The Bertz CT molecular complexity index is 5520. The number of hydrogen-bond donors (Lipinski definition) is 0. The molecule has 0 aliphatic heterocycles. The molecule has 386 valence electrons. The van der Waals surface area contributed by atoms with E-state index in [1.165, 1.54) is 0 Å². The average Bonchev–Trinajstić information content (AvgIpc) is 3.12. The van der Waals surface area contributed by atoms with Gasteiger partial charge < -0.3 is 0 Å². The first kappa shape index (κ1) is 48.2. The van der Waals surface area contributed by atoms with Gasteiger partial charge in [-0.3, -0.25) is 9.97 Å². The van der Waals surface area contributed by atoms with Gasteiger partial charge in [0.2, 0.25) is 0 Å². The van der Waals surface area contributed by atoms with Gasteiger partial charge in [-0.2, -0.15) is 10.5 Å². The zero-order chi connectivity index (χ0) is 55.8. The largest absolute Gasteiger partial charge is 0.254 e. The van der Waals surface area contributed by atoms with E-state index in [4.69, 9.17) is 19.9 Å². The highest BCUT2D eigenvalue weighted by Crippen LogP contribution is 2.45. The number of nitrogens with zero attached hydrogens (tertiary/aromatic N) is 6. The summed E-state index contributed by atoms with van der Waals surface area (Å²) in [6, 6.07) is 94.2. The molecule has 6 nitrogen and oxygen atoms in total. The third-order valence-corrected chi connectivity index (χ3v) is 16.8. The van der Waals surface area contributed by atoms with Crippen molar-refractivity contribution in [1.29, 1.82) is 10.5 Å². The van der Waals surface area contributed by atoms with Crippen LogP contribution in [0, 0.1) is 22.7 Å². The van der Waals surface area contributed by atoms with Gasteiger partial charge in [-0.05, 0) is 172 Å². The summed E-state index contributed by atoms with van der Waals surface area (Å²) in [4.78, 5) is 21.1. The molecule has 0 aliphatic carbocycles. The van der Waals surface area contributed by atoms with Crippen LogP contribution in [0.3, 0.4) is 0 Å². The zero-order valence-corrected chi connectivity index (χ0v) is 45.1. The Morgan fingerprint density at radius 1 is 0.250 bits per heavy atom. The Hall–Kier alpha value is -11.7. The Balaban J connectivity index is 0.849. The molecule has 12 aromatic carbocycles. The van der Waals surface area contributed by atoms with Gasteiger partial charge in [0.05, 0.1) is 56.7 Å². The number of pyridine rings is 4. The lowest BCUT2D eigenvalue weighted by molar-refractivity contribution is 1.37. The molecule has 0 amide bonds. The van der Waals surface area contributed by atoms with Crippen molar-refractivity contribution in [1.82, 2.24) is 19.9 Å². The van der Waals surface area contributed by atoms with Crippen molar-refractivity contribution >= 4 is 86.7 Å². The lowest BCUT2D eigenvalue weighted by Crippen LogP contribution is -1.95. The molecule has 0 spiro atoms. The van der Waals surface area contributed by atoms with Gasteiger partial charge in [-0.15, -0.1) is 0 Å². The highest BCUT2D eigenvalue weighted by Gasteiger charge is 2.21. The van der Waals surface area contributed by atoms with E-state index in [2.05, 4.69) is 212 Å². The summed E-state index contributed by atoms with van der Waals surface area (Å²) in [6.45, 7) is 0. The van der Waals surface area contributed by atoms with Crippen LogP contribution in [0.25, 0.3) is 165 Å². The highest BCUT2D eigenvalue weighted by molar-refractivity contribution is 6.16. The van der Waals surface area contributed by atoms with Gasteiger partial charge in [0.15, 0.2) is 0 Å². The van der Waals surface area contributed by atoms with Crippen molar-refractivity contribution in [2.45, 2.75) is 0 Å². The third-order valence-electron chi connectivity index (χ3n) is 16.8. The van der Waals surface area contributed by atoms with E-state index < -0.39 is 0 Å². The van der Waals surface area contributed by atoms with Crippen LogP contribution >= 0.6 is 0 Å². The summed E-state index contributed by atoms with van der Waals surface area (Å²) in [6.07, 6.45) is 3.77. The van der Waals surface area contributed by atoms with Gasteiger partial charge >= 0.3 is 0 Å². The van der Waals surface area contributed by atoms with E-state index in [1.54, 1.807) is 0 Å². The summed E-state index contributed by atoms with van der Waals surface area (Å²) in [7, 11) is 0. The minimum Gasteiger partial charge on any atom is -0.254 e. The van der Waals surface area contributed by atoms with Gasteiger partial charge in [-0.1, -0.05) is 182 Å². The first-order valence-electron chi connectivity index (χ1n) is 28.0. The predicted molar refractivity (Wildman–Crippen MR) is 345 cm³/mol. The van der Waals surface area contributed by atoms with Crippen LogP contribution in [-0.2, 0) is 0 Å². The minimum atomic E-state index is 0.644. The van der Waals surface area contributed by atoms with Crippen molar-refractivity contribution in [2.24, 2.45) is 0 Å². The molecule has 6 heteroatoms. The topological polar surface area (TPSA) is 99.1 Å². The quantitative estimate of drug-likeness (QED) is 0.147. The summed E-state index contributed by atoms with van der Waals surface area (Å²) in [5.41, 5.74) is 19.3. The van der Waals surface area contributed by atoms with Crippen LogP contribution in [0.15, 0.2) is 267 Å². The molecular formula is C78H44N6. The monoisotopic (exact) mass is 1060 g/mol. The maximum Gasteiger partial charge on any atom is 0.0991 e. The molecule has 0 unspecified atom stereocenters. The first-order valence-corrected chi connectivity index (χ1v) is 28.0. The zero-order valence-electron chi connectivity index (χ0n) is 45.1. The normalized spacial score (nSPS) is 11.5. The SMILES string of the molecule is N#Cc1ccc(-c2ccc3cc(-c4ccc5c(-c6ccnc7c6ccc6ccc(-c8c(-c9ccc%10ccc(-c%11ccc(C#N)cc%11)cc%10c9)ccc9ccccc89)nc67)cccc5c4-c4ccc5ccc6cccnc6c5n4)ccc3c2)cc1. The van der Waals surface area contributed by atoms with Gasteiger partial charge in [0, 0.05) is 45.1 Å². The number of hydrogen-bond acceptors (Lipinski definition) is 6. The van der Waals surface area contributed by atoms with Gasteiger partial charge in [0.25, 0.3) is 0 Å². The Labute approximate surface area is 483 Å². The number of aromatic nitrogens is 4. The first-order chi connectivity index (χ1) is 41.5. The van der Waals surface area contributed by atoms with E-state index in [9.17, 15) is 10.5 Å². The van der Waals surface area contributed by atoms with Crippen molar-refractivity contribution in [3.8, 4) is 90.3 Å². The van der Waals surface area contributed by atoms with Crippen LogP contribution in [0.1, 0.15) is 11.1 Å². The second-order valence-electron chi connectivity index (χ2n) is 21.5. The van der Waals surface area contributed by atoms with Crippen molar-refractivity contribution in [3.63, 3.8) is 0 Å². The molecule has 0 bridgehead atoms. The van der Waals surface area contributed by atoms with Crippen LogP contribution < -0.4 is 0 Å². The van der Waals surface area contributed by atoms with Crippen molar-refractivity contribution < 1.29 is 0 Å². The minimum absolute atomic E-state index is 0.644. The lowest BCUT2D eigenvalue weighted by atomic mass is 9.87. The van der Waals surface area contributed by atoms with E-state index in [0.29, 0.717) is 11.1 Å². The van der Waals surface area contributed by atoms with Gasteiger partial charge in [-0.25, -0.2) is 9.97 Å². The molecule has 4 heterocycles. The standard InChI is InChI=1S/C78H44N6/c79-45-47-10-14-49(15-11-47)56-23-24-59-42-60(27-25-58(59)41-56)65-34-35-67-66(8-3-9-69(67)74(65)72-37-30-54-21-20-53-6-4-39-81-75(53)76(54)83-72)68-38-40-82-78-70(68)33-29-55-31-36-71(84-77(55)78)73-63-7-2-1-5-52(63)28-32-64(73)61-26-19-51-18-22-57(43-62(51)44-61)50-16-12-48(46-80)13-17-50/h1-44H. The van der Waals surface area contributed by atoms with Crippen molar-refractivity contribution in [3.05, 3.63) is 278 Å². The maximum absolute atomic E-state index is 9.44. The predicted octanol–water partition coefficient (Wildman–Crippen LogP) is 19.9. The van der Waals surface area contributed by atoms with E-state index in [1.807, 2.05) is 67.0 Å². The van der Waals surface area contributed by atoms with Crippen LogP contribution in [0.2, 0.25) is 0 Å². The van der Waals surface area contributed by atoms with E-state index in [0.717, 1.165) is 165 Å². The second kappa shape index (κ2) is 19.5. The Kier molecular flexibility index (Phi) is 11.2. The smallest absolute Gasteiger partial charge is 0.0991 e. The molecular weight excluding hydrogens is 1020 g/mol. The second-order valence-corrected chi connectivity index (χ2v) is 21.5. The summed E-state index contributed by atoms with van der Waals surface area (Å²) in [5, 5.41) is 31.9. The molecule has 16 rings (SSSR count). The molecule has 0 saturated heterocycles. The van der Waals surface area contributed by atoms with Gasteiger partial charge in [0.1, 0.15) is 0 Å². The molecule has 0 radical (unpaired) electrons. The van der Waals surface area contributed by atoms with E-state index in [-0.39, 0.29) is 0 Å². The van der Waals surface area contributed by atoms with Crippen LogP contribution in [-0.4, -0.2) is 19.9 Å². The number of fused-ring (bicyclic) bond motifs is 10. The third kappa shape index (κ3) is 8.09. The Morgan fingerprint density at radius 3 is 1.40 bits per heavy atom. The molecule has 16 aromatic rings. The summed E-state index contributed by atoms with van der Waals surface area (Å²) < 4.78 is 0. The molecule has 0 N–H and O–H groups in total. The molecule has 4 aromatic heterocycles. The summed E-state index contributed by atoms with van der Waals surface area (Å²) in [5.74, 6) is 0. The number of benzene rings is 12. The number of rotatable bonds is 7. The summed E-state index contributed by atoms with van der Waals surface area (Å²) >= 11 is 0. The Morgan fingerprint density at radius 2 is 0.714 bits per heavy atom. The highest BCUT2D eigenvalue weighted by atomic mass is 14.8. The fourth-order valence-electron chi connectivity index (χ4n) is 12.6. The average molecular weight is 1070 g/mol. The molecule has 0 atom stereocenters. The molecule has 0 aliphatic rings. The van der Waals surface area contributed by atoms with E-state index >= 15 is 0 Å². The molecule has 0 fully saturated rings. The molecule has 0 saturated carbocycles. The fourth-order valence-corrected chi connectivity index (χ4v) is 12.6. The maximum atomic E-state index is 9.44. The van der Waals surface area contributed by atoms with Crippen LogP contribution in [0.5, 0.6) is 0 Å². The number of nitriles is 2.